The van der Waals surface area contributed by atoms with Crippen molar-refractivity contribution in [3.05, 3.63) is 39.1 Å². The second-order valence-corrected chi connectivity index (χ2v) is 8.02. The first-order valence-electron chi connectivity index (χ1n) is 8.40. The van der Waals surface area contributed by atoms with Gasteiger partial charge in [-0.25, -0.2) is 4.79 Å². The Morgan fingerprint density at radius 3 is 2.78 bits per heavy atom. The molecule has 0 amide bonds. The van der Waals surface area contributed by atoms with Crippen molar-refractivity contribution in [3.63, 3.8) is 0 Å². The third-order valence-electron chi connectivity index (χ3n) is 6.07. The van der Waals surface area contributed by atoms with E-state index in [9.17, 15) is 9.59 Å². The quantitative estimate of drug-likeness (QED) is 0.467. The molecule has 0 aromatic carbocycles. The zero-order chi connectivity index (χ0) is 15.6. The van der Waals surface area contributed by atoms with E-state index in [1.165, 1.54) is 29.6 Å². The maximum absolute atomic E-state index is 12.2. The van der Waals surface area contributed by atoms with Crippen molar-refractivity contribution in [2.24, 2.45) is 17.3 Å². The van der Waals surface area contributed by atoms with E-state index in [4.69, 9.17) is 4.74 Å². The Morgan fingerprint density at radius 2 is 2.13 bits per heavy atom. The fourth-order valence-corrected chi connectivity index (χ4v) is 5.80. The topological polar surface area (TPSA) is 43.4 Å². The van der Waals surface area contributed by atoms with Gasteiger partial charge in [-0.3, -0.25) is 4.79 Å². The molecule has 2 bridgehead atoms. The van der Waals surface area contributed by atoms with Gasteiger partial charge >= 0.3 is 11.9 Å². The summed E-state index contributed by atoms with van der Waals surface area (Å²) in [7, 11) is 0. The van der Waals surface area contributed by atoms with Crippen LogP contribution in [0.4, 0.5) is 0 Å². The Bertz CT molecular complexity index is 767. The predicted molar refractivity (Wildman–Crippen MR) is 87.5 cm³/mol. The monoisotopic (exact) mass is 326 g/mol. The molecule has 1 aliphatic heterocycles. The van der Waals surface area contributed by atoms with Gasteiger partial charge in [-0.05, 0) is 71.9 Å². The lowest BCUT2D eigenvalue weighted by Crippen LogP contribution is -2.23. The van der Waals surface area contributed by atoms with Crippen LogP contribution >= 0.6 is 11.3 Å². The summed E-state index contributed by atoms with van der Waals surface area (Å²) < 4.78 is 4.84. The Balaban J connectivity index is 1.67. The van der Waals surface area contributed by atoms with Gasteiger partial charge < -0.3 is 4.74 Å². The van der Waals surface area contributed by atoms with Crippen molar-refractivity contribution in [1.82, 2.24) is 0 Å². The van der Waals surface area contributed by atoms with Gasteiger partial charge in [0.15, 0.2) is 0 Å². The van der Waals surface area contributed by atoms with Gasteiger partial charge in [0.1, 0.15) is 0 Å². The van der Waals surface area contributed by atoms with Crippen molar-refractivity contribution < 1.29 is 14.3 Å². The molecule has 118 valence electrons. The summed E-state index contributed by atoms with van der Waals surface area (Å²) in [6, 6.07) is 2.16. The van der Waals surface area contributed by atoms with Crippen molar-refractivity contribution >= 4 is 29.4 Å². The van der Waals surface area contributed by atoms with Crippen LogP contribution in [-0.4, -0.2) is 11.9 Å². The molecule has 0 N–H and O–H groups in total. The molecule has 0 spiro atoms. The number of esters is 2. The number of fused-ring (bicyclic) bond motifs is 2. The van der Waals surface area contributed by atoms with E-state index in [1.807, 2.05) is 0 Å². The van der Waals surface area contributed by atoms with E-state index in [-0.39, 0.29) is 23.8 Å². The highest BCUT2D eigenvalue weighted by Crippen LogP contribution is 2.70. The zero-order valence-electron chi connectivity index (χ0n) is 12.8. The standard InChI is InChI=1S/C19H18O3S/c20-16-9-15(18(21)22-16)17-12-3-5-19(17,13-1-2-13)14(8-12)7-11-4-6-23-10-11/h4,6-7,10,12-13H,1-3,5,8-9H2/b14-7+,17-15+. The maximum Gasteiger partial charge on any atom is 0.342 e. The molecule has 3 saturated carbocycles. The Hall–Kier alpha value is -1.68. The highest BCUT2D eigenvalue weighted by molar-refractivity contribution is 7.08. The number of rotatable bonds is 2. The molecule has 2 unspecified atom stereocenters. The molecule has 2 atom stereocenters. The third-order valence-corrected chi connectivity index (χ3v) is 6.77. The largest absolute Gasteiger partial charge is 0.389 e. The Morgan fingerprint density at radius 1 is 1.26 bits per heavy atom. The number of hydrogen-bond acceptors (Lipinski definition) is 4. The van der Waals surface area contributed by atoms with Crippen LogP contribution in [0.5, 0.6) is 0 Å². The average Bonchev–Trinajstić information content (AvgIpc) is 2.88. The average molecular weight is 326 g/mol. The number of thiophene rings is 1. The van der Waals surface area contributed by atoms with Gasteiger partial charge in [0.2, 0.25) is 0 Å². The van der Waals surface area contributed by atoms with Crippen LogP contribution in [0, 0.1) is 17.3 Å². The number of ether oxygens (including phenoxy) is 1. The van der Waals surface area contributed by atoms with Gasteiger partial charge in [0.05, 0.1) is 6.42 Å². The summed E-state index contributed by atoms with van der Waals surface area (Å²) in [5, 5.41) is 4.29. The van der Waals surface area contributed by atoms with Gasteiger partial charge in [0, 0.05) is 11.0 Å². The van der Waals surface area contributed by atoms with Gasteiger partial charge in [-0.1, -0.05) is 11.6 Å². The van der Waals surface area contributed by atoms with Crippen LogP contribution in [-0.2, 0) is 14.3 Å². The van der Waals surface area contributed by atoms with E-state index >= 15 is 0 Å². The SMILES string of the molecule is O=C1C/C(=C2/C3CCC2(C2CC2)/C(=C/c2ccsc2)C3)C(=O)O1. The number of carbonyl (C=O) groups excluding carboxylic acids is 2. The van der Waals surface area contributed by atoms with E-state index in [1.54, 1.807) is 11.3 Å². The molecule has 4 heteroatoms. The minimum Gasteiger partial charge on any atom is -0.389 e. The van der Waals surface area contributed by atoms with E-state index < -0.39 is 0 Å². The summed E-state index contributed by atoms with van der Waals surface area (Å²) in [6.45, 7) is 0. The highest BCUT2D eigenvalue weighted by atomic mass is 32.1. The smallest absolute Gasteiger partial charge is 0.342 e. The maximum atomic E-state index is 12.2. The molecule has 2 heterocycles. The predicted octanol–water partition coefficient (Wildman–Crippen LogP) is 4.11. The number of carbonyl (C=O) groups is 2. The molecule has 3 aliphatic carbocycles. The lowest BCUT2D eigenvalue weighted by Gasteiger charge is -2.31. The Labute approximate surface area is 139 Å². The minimum atomic E-state index is -0.377. The van der Waals surface area contributed by atoms with Crippen LogP contribution in [0.25, 0.3) is 6.08 Å². The fraction of sp³-hybridized carbons (Fsp3) is 0.474. The molecular weight excluding hydrogens is 308 g/mol. The van der Waals surface area contributed by atoms with Crippen LogP contribution < -0.4 is 0 Å². The molecule has 3 nitrogen and oxygen atoms in total. The first kappa shape index (κ1) is 13.7. The lowest BCUT2D eigenvalue weighted by molar-refractivity contribution is -0.151. The van der Waals surface area contributed by atoms with E-state index in [0.717, 1.165) is 19.3 Å². The van der Waals surface area contributed by atoms with E-state index in [0.29, 0.717) is 17.4 Å². The van der Waals surface area contributed by atoms with Crippen molar-refractivity contribution in [2.75, 3.05) is 0 Å². The zero-order valence-corrected chi connectivity index (χ0v) is 13.7. The van der Waals surface area contributed by atoms with Crippen LogP contribution in [0.3, 0.4) is 0 Å². The van der Waals surface area contributed by atoms with Crippen LogP contribution in [0.15, 0.2) is 33.5 Å². The lowest BCUT2D eigenvalue weighted by atomic mass is 9.72. The molecule has 0 radical (unpaired) electrons. The fourth-order valence-electron chi connectivity index (χ4n) is 5.18. The van der Waals surface area contributed by atoms with Crippen LogP contribution in [0.2, 0.25) is 0 Å². The van der Waals surface area contributed by atoms with Crippen molar-refractivity contribution in [1.29, 1.82) is 0 Å². The Kier molecular flexibility index (Phi) is 2.79. The van der Waals surface area contributed by atoms with Crippen molar-refractivity contribution in [2.45, 2.75) is 38.5 Å². The first-order chi connectivity index (χ1) is 11.2. The highest BCUT2D eigenvalue weighted by Gasteiger charge is 2.61. The number of allylic oxidation sites excluding steroid dienone is 2. The van der Waals surface area contributed by atoms with Gasteiger partial charge in [-0.2, -0.15) is 11.3 Å². The minimum absolute atomic E-state index is 0.0472. The molecule has 23 heavy (non-hydrogen) atoms. The summed E-state index contributed by atoms with van der Waals surface area (Å²) in [5.41, 5.74) is 4.78. The molecular formula is C19H18O3S. The molecule has 1 aromatic rings. The summed E-state index contributed by atoms with van der Waals surface area (Å²) in [4.78, 5) is 23.8. The van der Waals surface area contributed by atoms with Crippen molar-refractivity contribution in [3.8, 4) is 0 Å². The normalized spacial score (nSPS) is 37.9. The third kappa shape index (κ3) is 1.87. The summed E-state index contributed by atoms with van der Waals surface area (Å²) >= 11 is 1.72. The number of hydrogen-bond donors (Lipinski definition) is 0. The van der Waals surface area contributed by atoms with Gasteiger partial charge in [0.25, 0.3) is 0 Å². The molecule has 1 saturated heterocycles. The molecule has 4 fully saturated rings. The van der Waals surface area contributed by atoms with E-state index in [2.05, 4.69) is 22.9 Å². The number of cyclic esters (lactones) is 2. The molecule has 1 aromatic heterocycles. The van der Waals surface area contributed by atoms with Crippen LogP contribution in [0.1, 0.15) is 44.1 Å². The van der Waals surface area contributed by atoms with Gasteiger partial charge in [-0.15, -0.1) is 0 Å². The molecule has 4 aliphatic rings. The molecule has 5 rings (SSSR count). The summed E-state index contributed by atoms with van der Waals surface area (Å²) in [6.07, 6.45) is 8.35. The summed E-state index contributed by atoms with van der Waals surface area (Å²) in [5.74, 6) is 0.344. The second-order valence-electron chi connectivity index (χ2n) is 7.24. The second kappa shape index (κ2) is 4.67. The first-order valence-corrected chi connectivity index (χ1v) is 9.34.